The molecule has 1 rings (SSSR count). The van der Waals surface area contributed by atoms with Crippen LogP contribution in [-0.4, -0.2) is 9.91 Å². The van der Waals surface area contributed by atoms with E-state index in [0.717, 1.165) is 6.07 Å². The van der Waals surface area contributed by atoms with E-state index >= 15 is 0 Å². The summed E-state index contributed by atoms with van der Waals surface area (Å²) in [5, 5.41) is 10.3. The summed E-state index contributed by atoms with van der Waals surface area (Å²) in [6.45, 7) is 0. The van der Waals surface area contributed by atoms with Gasteiger partial charge in [0.05, 0.1) is 0 Å². The lowest BCUT2D eigenvalue weighted by Crippen LogP contribution is -2.02. The topological polar surface area (TPSA) is 56.0 Å². The lowest BCUT2D eigenvalue weighted by atomic mass is 10.3. The van der Waals surface area contributed by atoms with Crippen molar-refractivity contribution < 1.29 is 4.92 Å². The zero-order valence-electron chi connectivity index (χ0n) is 6.08. The summed E-state index contributed by atoms with van der Waals surface area (Å²) in [6, 6.07) is 2.52. The fourth-order valence-electron chi connectivity index (χ4n) is 0.695. The second-order valence-corrected chi connectivity index (χ2v) is 4.44. The fraction of sp³-hybridized carbons (Fsp3) is 0.167. The van der Waals surface area contributed by atoms with E-state index in [4.69, 9.17) is 34.8 Å². The molecule has 7 heteroatoms. The van der Waals surface area contributed by atoms with E-state index in [9.17, 15) is 10.1 Å². The molecule has 0 aliphatic heterocycles. The molecule has 0 spiro atoms. The Kier molecular flexibility index (Phi) is 2.95. The van der Waals surface area contributed by atoms with Crippen molar-refractivity contribution in [1.82, 2.24) is 4.98 Å². The van der Waals surface area contributed by atoms with Crippen LogP contribution in [0, 0.1) is 10.1 Å². The van der Waals surface area contributed by atoms with Gasteiger partial charge in [-0.05, 0) is 16.0 Å². The second kappa shape index (κ2) is 3.65. The first-order valence-electron chi connectivity index (χ1n) is 3.09. The Hall–Kier alpha value is -0.580. The Morgan fingerprint density at radius 1 is 1.46 bits per heavy atom. The zero-order chi connectivity index (χ0) is 10.1. The molecule has 0 aliphatic rings. The van der Waals surface area contributed by atoms with Crippen molar-refractivity contribution in [3.63, 3.8) is 0 Å². The highest BCUT2D eigenvalue weighted by molar-refractivity contribution is 6.66. The van der Waals surface area contributed by atoms with Crippen LogP contribution in [0.4, 0.5) is 5.82 Å². The number of hydrogen-bond acceptors (Lipinski definition) is 3. The monoisotopic (exact) mass is 240 g/mol. The van der Waals surface area contributed by atoms with Crippen molar-refractivity contribution in [3.8, 4) is 0 Å². The Balaban J connectivity index is 3.13. The Labute approximate surface area is 88.6 Å². The smallest absolute Gasteiger partial charge is 0.358 e. The number of nitro groups is 1. The molecule has 0 unspecified atom stereocenters. The van der Waals surface area contributed by atoms with E-state index in [1.165, 1.54) is 12.3 Å². The molecule has 1 heterocycles. The molecular formula is C6H3Cl3N2O2. The number of pyridine rings is 1. The molecule has 0 amide bonds. The maximum Gasteiger partial charge on any atom is 0.363 e. The number of nitrogens with zero attached hydrogens (tertiary/aromatic N) is 2. The normalized spacial score (nSPS) is 11.3. The largest absolute Gasteiger partial charge is 0.363 e. The second-order valence-electron chi connectivity index (χ2n) is 2.16. The molecule has 0 N–H and O–H groups in total. The minimum Gasteiger partial charge on any atom is -0.358 e. The van der Waals surface area contributed by atoms with Gasteiger partial charge in [0.1, 0.15) is 6.20 Å². The number of aromatic nitrogens is 1. The van der Waals surface area contributed by atoms with E-state index in [1.807, 2.05) is 0 Å². The molecule has 70 valence electrons. The number of halogens is 3. The van der Waals surface area contributed by atoms with E-state index in [-0.39, 0.29) is 11.4 Å². The van der Waals surface area contributed by atoms with Crippen molar-refractivity contribution in [1.29, 1.82) is 0 Å². The van der Waals surface area contributed by atoms with Crippen molar-refractivity contribution in [2.24, 2.45) is 0 Å². The van der Waals surface area contributed by atoms with Gasteiger partial charge in [-0.15, -0.1) is 0 Å². The van der Waals surface area contributed by atoms with Crippen LogP contribution in [0.25, 0.3) is 0 Å². The number of alkyl halides is 3. The Morgan fingerprint density at radius 3 is 2.54 bits per heavy atom. The quantitative estimate of drug-likeness (QED) is 0.431. The van der Waals surface area contributed by atoms with E-state index in [1.54, 1.807) is 0 Å². The Bertz CT molecular complexity index is 337. The van der Waals surface area contributed by atoms with E-state index < -0.39 is 8.72 Å². The van der Waals surface area contributed by atoms with E-state index in [2.05, 4.69) is 4.98 Å². The molecule has 1 aromatic rings. The first kappa shape index (κ1) is 10.5. The van der Waals surface area contributed by atoms with Crippen molar-refractivity contribution >= 4 is 40.6 Å². The van der Waals surface area contributed by atoms with Gasteiger partial charge in [-0.2, -0.15) is 0 Å². The zero-order valence-corrected chi connectivity index (χ0v) is 8.34. The van der Waals surface area contributed by atoms with Gasteiger partial charge < -0.3 is 10.1 Å². The molecule has 0 aliphatic carbocycles. The molecule has 0 bridgehead atoms. The fourth-order valence-corrected chi connectivity index (χ4v) is 1.05. The molecule has 0 saturated heterocycles. The summed E-state index contributed by atoms with van der Waals surface area (Å²) >= 11 is 16.5. The standard InChI is InChI=1S/C6H3Cl3N2O2/c7-6(8,9)4-1-2-10-5(3-4)11(12)13/h1-3H. The molecule has 0 fully saturated rings. The highest BCUT2D eigenvalue weighted by Gasteiger charge is 2.25. The third-order valence-electron chi connectivity index (χ3n) is 1.26. The SMILES string of the molecule is O=[N+]([O-])c1cc(C(Cl)(Cl)Cl)ccn1. The van der Waals surface area contributed by atoms with Crippen molar-refractivity contribution in [3.05, 3.63) is 34.0 Å². The molecule has 0 radical (unpaired) electrons. The number of rotatable bonds is 1. The third-order valence-corrected chi connectivity index (χ3v) is 1.91. The predicted molar refractivity (Wildman–Crippen MR) is 50.1 cm³/mol. The maximum absolute atomic E-state index is 10.3. The van der Waals surface area contributed by atoms with Crippen LogP contribution < -0.4 is 0 Å². The van der Waals surface area contributed by atoms with Crippen molar-refractivity contribution in [2.75, 3.05) is 0 Å². The van der Waals surface area contributed by atoms with Crippen LogP contribution in [0.2, 0.25) is 0 Å². The van der Waals surface area contributed by atoms with Crippen LogP contribution in [0.3, 0.4) is 0 Å². The van der Waals surface area contributed by atoms with Gasteiger partial charge >= 0.3 is 5.82 Å². The molecule has 0 atom stereocenters. The van der Waals surface area contributed by atoms with Gasteiger partial charge in [0.15, 0.2) is 0 Å². The van der Waals surface area contributed by atoms with Gasteiger partial charge in [-0.3, -0.25) is 0 Å². The minimum atomic E-state index is -1.66. The van der Waals surface area contributed by atoms with Crippen molar-refractivity contribution in [2.45, 2.75) is 3.79 Å². The Morgan fingerprint density at radius 2 is 2.08 bits per heavy atom. The van der Waals surface area contributed by atoms with Gasteiger partial charge in [-0.25, -0.2) is 0 Å². The molecule has 0 aromatic carbocycles. The molecule has 0 saturated carbocycles. The predicted octanol–water partition coefficient (Wildman–Crippen LogP) is 2.82. The maximum atomic E-state index is 10.3. The summed E-state index contributed by atoms with van der Waals surface area (Å²) in [5.41, 5.74) is 0.221. The summed E-state index contributed by atoms with van der Waals surface area (Å²) in [5.74, 6) is -0.344. The molecule has 1 aromatic heterocycles. The van der Waals surface area contributed by atoms with Gasteiger partial charge in [0.25, 0.3) is 0 Å². The highest BCUT2D eigenvalue weighted by Crippen LogP contribution is 2.38. The van der Waals surface area contributed by atoms with Crippen LogP contribution in [-0.2, 0) is 3.79 Å². The lowest BCUT2D eigenvalue weighted by molar-refractivity contribution is -0.389. The molecular weight excluding hydrogens is 238 g/mol. The summed E-state index contributed by atoms with van der Waals surface area (Å²) in [4.78, 5) is 13.1. The van der Waals surface area contributed by atoms with Gasteiger partial charge in [-0.1, -0.05) is 34.8 Å². The van der Waals surface area contributed by atoms with Crippen LogP contribution >= 0.6 is 34.8 Å². The average molecular weight is 241 g/mol. The average Bonchev–Trinajstić information content (AvgIpc) is 2.03. The van der Waals surface area contributed by atoms with Crippen LogP contribution in [0.15, 0.2) is 18.3 Å². The first-order chi connectivity index (χ1) is 5.91. The third kappa shape index (κ3) is 2.69. The van der Waals surface area contributed by atoms with Crippen LogP contribution in [0.5, 0.6) is 0 Å². The van der Waals surface area contributed by atoms with Gasteiger partial charge in [0.2, 0.25) is 3.79 Å². The summed E-state index contributed by atoms with van der Waals surface area (Å²) in [6.07, 6.45) is 1.22. The number of hydrogen-bond donors (Lipinski definition) is 0. The van der Waals surface area contributed by atoms with E-state index in [0.29, 0.717) is 0 Å². The highest BCUT2D eigenvalue weighted by atomic mass is 35.6. The molecule has 4 nitrogen and oxygen atoms in total. The lowest BCUT2D eigenvalue weighted by Gasteiger charge is -2.08. The first-order valence-corrected chi connectivity index (χ1v) is 4.22. The summed E-state index contributed by atoms with van der Waals surface area (Å²) < 4.78 is -1.66. The molecule has 13 heavy (non-hydrogen) atoms. The van der Waals surface area contributed by atoms with Gasteiger partial charge in [0, 0.05) is 11.6 Å². The minimum absolute atomic E-state index is 0.221. The van der Waals surface area contributed by atoms with Crippen LogP contribution in [0.1, 0.15) is 5.56 Å². The summed E-state index contributed by atoms with van der Waals surface area (Å²) in [7, 11) is 0.